The number of pyridine rings is 1. The van der Waals surface area contributed by atoms with E-state index >= 15 is 0 Å². The zero-order valence-electron chi connectivity index (χ0n) is 10.5. The second-order valence-electron chi connectivity index (χ2n) is 4.02. The Kier molecular flexibility index (Phi) is 3.88. The maximum atomic E-state index is 11.8. The third-order valence-electron chi connectivity index (χ3n) is 2.67. The monoisotopic (exact) mass is 255 g/mol. The molecule has 0 bridgehead atoms. The number of amides is 1. The van der Waals surface area contributed by atoms with E-state index in [-0.39, 0.29) is 5.91 Å². The summed E-state index contributed by atoms with van der Waals surface area (Å²) in [5.74, 6) is -0.243. The molecule has 0 aromatic carbocycles. The first-order valence-corrected chi connectivity index (χ1v) is 5.84. The number of hydrogen-bond acceptors (Lipinski definition) is 4. The molecule has 0 saturated heterocycles. The van der Waals surface area contributed by atoms with E-state index in [9.17, 15) is 4.79 Å². The first kappa shape index (κ1) is 12.8. The van der Waals surface area contributed by atoms with Gasteiger partial charge in [0.2, 0.25) is 0 Å². The minimum Gasteiger partial charge on any atom is -0.350 e. The zero-order chi connectivity index (χ0) is 13.7. The Morgan fingerprint density at radius 1 is 1.53 bits per heavy atom. The molecule has 2 aromatic rings. The Hall–Kier alpha value is -2.68. The van der Waals surface area contributed by atoms with Crippen LogP contribution in [-0.4, -0.2) is 27.4 Å². The van der Waals surface area contributed by atoms with E-state index in [0.29, 0.717) is 29.9 Å². The molecule has 2 N–H and O–H groups in total. The Balaban J connectivity index is 1.93. The van der Waals surface area contributed by atoms with Gasteiger partial charge in [0.1, 0.15) is 11.8 Å². The predicted octanol–water partition coefficient (Wildman–Crippen LogP) is 0.957. The Morgan fingerprint density at radius 2 is 2.37 bits per heavy atom. The average Bonchev–Trinajstić information content (AvgIpc) is 2.91. The largest absolute Gasteiger partial charge is 0.350 e. The second kappa shape index (κ2) is 5.78. The molecule has 6 heteroatoms. The van der Waals surface area contributed by atoms with Gasteiger partial charge in [0.05, 0.1) is 17.6 Å². The number of nitrogens with one attached hydrogen (secondary N) is 2. The van der Waals surface area contributed by atoms with Crippen LogP contribution in [0.5, 0.6) is 0 Å². The van der Waals surface area contributed by atoms with Crippen LogP contribution in [0.1, 0.15) is 27.4 Å². The summed E-state index contributed by atoms with van der Waals surface area (Å²) in [7, 11) is 0. The van der Waals surface area contributed by atoms with E-state index in [2.05, 4.69) is 20.3 Å². The highest BCUT2D eigenvalue weighted by Gasteiger charge is 2.08. The number of hydrogen-bond donors (Lipinski definition) is 2. The molecule has 0 radical (unpaired) electrons. The van der Waals surface area contributed by atoms with Gasteiger partial charge in [-0.05, 0) is 19.1 Å². The van der Waals surface area contributed by atoms with Gasteiger partial charge >= 0.3 is 0 Å². The number of aromatic nitrogens is 3. The molecule has 96 valence electrons. The molecule has 0 aliphatic carbocycles. The molecule has 0 atom stereocenters. The van der Waals surface area contributed by atoms with Crippen LogP contribution in [0.3, 0.4) is 0 Å². The van der Waals surface area contributed by atoms with E-state index in [4.69, 9.17) is 5.26 Å². The number of aryl methyl sites for hydroxylation is 1. The molecule has 0 fully saturated rings. The normalized spacial score (nSPS) is 9.89. The van der Waals surface area contributed by atoms with Gasteiger partial charge in [-0.15, -0.1) is 0 Å². The SMILES string of the molecule is Cc1nc(C(=O)NCCc2cnc[nH]2)ccc1C#N. The maximum absolute atomic E-state index is 11.8. The molecule has 0 aliphatic rings. The minimum absolute atomic E-state index is 0.243. The number of aromatic amines is 1. The van der Waals surface area contributed by atoms with Gasteiger partial charge in [-0.2, -0.15) is 5.26 Å². The van der Waals surface area contributed by atoms with Crippen LogP contribution in [0.2, 0.25) is 0 Å². The Bertz CT molecular complexity index is 612. The number of nitriles is 1. The van der Waals surface area contributed by atoms with Crippen LogP contribution in [-0.2, 0) is 6.42 Å². The van der Waals surface area contributed by atoms with Crippen molar-refractivity contribution in [3.8, 4) is 6.07 Å². The summed E-state index contributed by atoms with van der Waals surface area (Å²) in [5, 5.41) is 11.6. The zero-order valence-corrected chi connectivity index (χ0v) is 10.5. The van der Waals surface area contributed by atoms with Crippen LogP contribution in [0, 0.1) is 18.3 Å². The Morgan fingerprint density at radius 3 is 3.00 bits per heavy atom. The summed E-state index contributed by atoms with van der Waals surface area (Å²) in [6.07, 6.45) is 4.00. The molecule has 0 saturated carbocycles. The van der Waals surface area contributed by atoms with Crippen molar-refractivity contribution >= 4 is 5.91 Å². The molecular formula is C13H13N5O. The van der Waals surface area contributed by atoms with Crippen LogP contribution in [0.25, 0.3) is 0 Å². The van der Waals surface area contributed by atoms with Crippen LogP contribution in [0.4, 0.5) is 0 Å². The first-order valence-electron chi connectivity index (χ1n) is 5.84. The van der Waals surface area contributed by atoms with Gasteiger partial charge in [-0.1, -0.05) is 0 Å². The quantitative estimate of drug-likeness (QED) is 0.850. The van der Waals surface area contributed by atoms with E-state index in [1.807, 2.05) is 6.07 Å². The van der Waals surface area contributed by atoms with E-state index < -0.39 is 0 Å². The lowest BCUT2D eigenvalue weighted by molar-refractivity contribution is 0.0949. The summed E-state index contributed by atoms with van der Waals surface area (Å²) in [6, 6.07) is 5.17. The van der Waals surface area contributed by atoms with Crippen LogP contribution < -0.4 is 5.32 Å². The lowest BCUT2D eigenvalue weighted by Gasteiger charge is -2.05. The van der Waals surface area contributed by atoms with Crippen LogP contribution in [0.15, 0.2) is 24.7 Å². The van der Waals surface area contributed by atoms with Crippen molar-refractivity contribution in [2.75, 3.05) is 6.54 Å². The molecule has 2 aromatic heterocycles. The fourth-order valence-corrected chi connectivity index (χ4v) is 1.63. The summed E-state index contributed by atoms with van der Waals surface area (Å²) in [4.78, 5) is 22.8. The first-order chi connectivity index (χ1) is 9.20. The Labute approximate surface area is 110 Å². The lowest BCUT2D eigenvalue weighted by atomic mass is 10.2. The molecular weight excluding hydrogens is 242 g/mol. The molecule has 2 heterocycles. The van der Waals surface area contributed by atoms with Crippen LogP contribution >= 0.6 is 0 Å². The molecule has 0 spiro atoms. The molecule has 0 unspecified atom stereocenters. The van der Waals surface area contributed by atoms with Crippen molar-refractivity contribution in [2.45, 2.75) is 13.3 Å². The van der Waals surface area contributed by atoms with Crippen molar-refractivity contribution in [3.63, 3.8) is 0 Å². The highest BCUT2D eigenvalue weighted by molar-refractivity contribution is 5.92. The van der Waals surface area contributed by atoms with E-state index in [1.165, 1.54) is 0 Å². The number of rotatable bonds is 4. The smallest absolute Gasteiger partial charge is 0.269 e. The second-order valence-corrected chi connectivity index (χ2v) is 4.02. The summed E-state index contributed by atoms with van der Waals surface area (Å²) >= 11 is 0. The van der Waals surface area contributed by atoms with Gasteiger partial charge in [-0.3, -0.25) is 4.79 Å². The molecule has 1 amide bonds. The topological polar surface area (TPSA) is 94.5 Å². The molecule has 0 aliphatic heterocycles. The minimum atomic E-state index is -0.243. The summed E-state index contributed by atoms with van der Waals surface area (Å²) in [5.41, 5.74) is 2.32. The fraction of sp³-hybridized carbons (Fsp3) is 0.231. The lowest BCUT2D eigenvalue weighted by Crippen LogP contribution is -2.26. The van der Waals surface area contributed by atoms with Gasteiger partial charge in [-0.25, -0.2) is 9.97 Å². The van der Waals surface area contributed by atoms with Crippen molar-refractivity contribution in [1.29, 1.82) is 5.26 Å². The fourth-order valence-electron chi connectivity index (χ4n) is 1.63. The van der Waals surface area contributed by atoms with Gasteiger partial charge in [0.15, 0.2) is 0 Å². The highest BCUT2D eigenvalue weighted by Crippen LogP contribution is 2.05. The number of carbonyl (C=O) groups is 1. The number of H-pyrrole nitrogens is 1. The number of nitrogens with zero attached hydrogens (tertiary/aromatic N) is 3. The van der Waals surface area contributed by atoms with E-state index in [0.717, 1.165) is 5.69 Å². The third-order valence-corrected chi connectivity index (χ3v) is 2.67. The van der Waals surface area contributed by atoms with Gasteiger partial charge < -0.3 is 10.3 Å². The van der Waals surface area contributed by atoms with E-state index in [1.54, 1.807) is 31.6 Å². The molecule has 2 rings (SSSR count). The van der Waals surface area contributed by atoms with Crippen molar-refractivity contribution in [2.24, 2.45) is 0 Å². The van der Waals surface area contributed by atoms with Gasteiger partial charge in [0, 0.05) is 24.9 Å². The van der Waals surface area contributed by atoms with Crippen molar-refractivity contribution < 1.29 is 4.79 Å². The van der Waals surface area contributed by atoms with Crippen molar-refractivity contribution in [3.05, 3.63) is 47.3 Å². The third kappa shape index (κ3) is 3.16. The maximum Gasteiger partial charge on any atom is 0.269 e. The number of imidazole rings is 1. The van der Waals surface area contributed by atoms with Crippen molar-refractivity contribution in [1.82, 2.24) is 20.3 Å². The summed E-state index contributed by atoms with van der Waals surface area (Å²) in [6.45, 7) is 2.21. The predicted molar refractivity (Wildman–Crippen MR) is 68.3 cm³/mol. The standard InChI is InChI=1S/C13H13N5O/c1-9-10(6-14)2-3-12(18-9)13(19)16-5-4-11-7-15-8-17-11/h2-3,7-8H,4-5H2,1H3,(H,15,17)(H,16,19). The van der Waals surface area contributed by atoms with Gasteiger partial charge in [0.25, 0.3) is 5.91 Å². The summed E-state index contributed by atoms with van der Waals surface area (Å²) < 4.78 is 0. The molecule has 19 heavy (non-hydrogen) atoms. The number of carbonyl (C=O) groups excluding carboxylic acids is 1. The average molecular weight is 255 g/mol. The molecule has 6 nitrogen and oxygen atoms in total. The highest BCUT2D eigenvalue weighted by atomic mass is 16.1.